The molecule has 3 heterocycles. The predicted octanol–water partition coefficient (Wildman–Crippen LogP) is 0.476. The normalized spacial score (nSPS) is 23.0. The molecule has 1 fully saturated rings. The van der Waals surface area contributed by atoms with Crippen molar-refractivity contribution in [2.24, 2.45) is 0 Å². The van der Waals surface area contributed by atoms with E-state index in [1.807, 2.05) is 35.5 Å². The van der Waals surface area contributed by atoms with Crippen molar-refractivity contribution in [2.45, 2.75) is 44.9 Å². The number of hydrogen-bond acceptors (Lipinski definition) is 5. The summed E-state index contributed by atoms with van der Waals surface area (Å²) in [5, 5.41) is 7.27. The van der Waals surface area contributed by atoms with Crippen LogP contribution in [0.25, 0.3) is 0 Å². The summed E-state index contributed by atoms with van der Waals surface area (Å²) < 4.78 is 7.62. The maximum Gasteiger partial charge on any atom is 0.271 e. The first kappa shape index (κ1) is 18.8. The smallest absolute Gasteiger partial charge is 0.271 e. The SMILES string of the molecule is CN(C)CCNC(=O)c1cc2n(n1)CCN(C(=O)C1(C)CCCCO1)C2. The minimum atomic E-state index is -0.715. The molecule has 2 aliphatic heterocycles. The molecule has 0 bridgehead atoms. The Kier molecular flexibility index (Phi) is 5.62. The largest absolute Gasteiger partial charge is 0.365 e. The molecule has 3 rings (SSSR count). The zero-order valence-electron chi connectivity index (χ0n) is 16.0. The summed E-state index contributed by atoms with van der Waals surface area (Å²) in [5.41, 5.74) is 0.585. The predicted molar refractivity (Wildman–Crippen MR) is 96.7 cm³/mol. The average Bonchev–Trinajstić information content (AvgIpc) is 3.04. The first-order valence-corrected chi connectivity index (χ1v) is 9.32. The van der Waals surface area contributed by atoms with Gasteiger partial charge < -0.3 is 19.9 Å². The fourth-order valence-electron chi connectivity index (χ4n) is 3.47. The van der Waals surface area contributed by atoms with E-state index in [4.69, 9.17) is 4.74 Å². The Morgan fingerprint density at radius 2 is 2.15 bits per heavy atom. The van der Waals surface area contributed by atoms with Crippen molar-refractivity contribution in [3.63, 3.8) is 0 Å². The highest BCUT2D eigenvalue weighted by Gasteiger charge is 2.40. The van der Waals surface area contributed by atoms with E-state index >= 15 is 0 Å². The van der Waals surface area contributed by atoms with Gasteiger partial charge in [0, 0.05) is 26.2 Å². The van der Waals surface area contributed by atoms with Crippen molar-refractivity contribution >= 4 is 11.8 Å². The Morgan fingerprint density at radius 1 is 1.35 bits per heavy atom. The van der Waals surface area contributed by atoms with Crippen LogP contribution in [-0.2, 0) is 22.6 Å². The van der Waals surface area contributed by atoms with Gasteiger partial charge in [-0.3, -0.25) is 14.3 Å². The molecule has 2 amide bonds. The Balaban J connectivity index is 1.63. The summed E-state index contributed by atoms with van der Waals surface area (Å²) in [6, 6.07) is 1.79. The van der Waals surface area contributed by atoms with Gasteiger partial charge in [0.2, 0.25) is 0 Å². The molecule has 0 spiro atoms. The zero-order valence-corrected chi connectivity index (χ0v) is 16.0. The summed E-state index contributed by atoms with van der Waals surface area (Å²) in [6.07, 6.45) is 2.80. The second-order valence-electron chi connectivity index (χ2n) is 7.57. The summed E-state index contributed by atoms with van der Waals surface area (Å²) in [7, 11) is 3.92. The van der Waals surface area contributed by atoms with Crippen LogP contribution in [0, 0.1) is 0 Å². The summed E-state index contributed by atoms with van der Waals surface area (Å²) in [6.45, 7) is 5.55. The second-order valence-corrected chi connectivity index (χ2v) is 7.57. The third kappa shape index (κ3) is 4.07. The van der Waals surface area contributed by atoms with Gasteiger partial charge in [-0.2, -0.15) is 5.10 Å². The first-order valence-electron chi connectivity index (χ1n) is 9.32. The zero-order chi connectivity index (χ0) is 18.7. The van der Waals surface area contributed by atoms with Crippen LogP contribution in [0.3, 0.4) is 0 Å². The molecule has 8 nitrogen and oxygen atoms in total. The third-order valence-corrected chi connectivity index (χ3v) is 5.08. The molecule has 1 N–H and O–H groups in total. The van der Waals surface area contributed by atoms with Gasteiger partial charge in [-0.25, -0.2) is 0 Å². The third-order valence-electron chi connectivity index (χ3n) is 5.08. The quantitative estimate of drug-likeness (QED) is 0.823. The molecular formula is C18H29N5O3. The van der Waals surface area contributed by atoms with E-state index in [-0.39, 0.29) is 11.8 Å². The number of nitrogens with one attached hydrogen (secondary N) is 1. The second kappa shape index (κ2) is 7.75. The van der Waals surface area contributed by atoms with Gasteiger partial charge in [0.05, 0.1) is 18.8 Å². The number of ether oxygens (including phenoxy) is 1. The maximum absolute atomic E-state index is 12.9. The lowest BCUT2D eigenvalue weighted by Crippen LogP contribution is -2.52. The van der Waals surface area contributed by atoms with E-state index in [0.29, 0.717) is 38.5 Å². The molecule has 144 valence electrons. The lowest BCUT2D eigenvalue weighted by molar-refractivity contribution is -0.163. The minimum absolute atomic E-state index is 0.0432. The molecule has 0 aromatic carbocycles. The van der Waals surface area contributed by atoms with Crippen molar-refractivity contribution in [3.05, 3.63) is 17.5 Å². The van der Waals surface area contributed by atoms with Crippen LogP contribution in [0.2, 0.25) is 0 Å². The summed E-state index contributed by atoms with van der Waals surface area (Å²) >= 11 is 0. The number of carbonyl (C=O) groups is 2. The van der Waals surface area contributed by atoms with Gasteiger partial charge in [0.1, 0.15) is 5.60 Å². The van der Waals surface area contributed by atoms with Crippen LogP contribution in [0.5, 0.6) is 0 Å². The van der Waals surface area contributed by atoms with E-state index in [1.165, 1.54) is 0 Å². The van der Waals surface area contributed by atoms with Gasteiger partial charge in [-0.15, -0.1) is 0 Å². The average molecular weight is 363 g/mol. The van der Waals surface area contributed by atoms with Crippen LogP contribution >= 0.6 is 0 Å². The molecule has 1 aromatic heterocycles. The van der Waals surface area contributed by atoms with Crippen LogP contribution in [0.1, 0.15) is 42.4 Å². The number of nitrogens with zero attached hydrogens (tertiary/aromatic N) is 4. The minimum Gasteiger partial charge on any atom is -0.365 e. The lowest BCUT2D eigenvalue weighted by atomic mass is 9.94. The van der Waals surface area contributed by atoms with E-state index in [1.54, 1.807) is 6.07 Å². The van der Waals surface area contributed by atoms with Gasteiger partial charge in [-0.05, 0) is 46.3 Å². The molecule has 1 aromatic rings. The highest BCUT2D eigenvalue weighted by atomic mass is 16.5. The van der Waals surface area contributed by atoms with Crippen molar-refractivity contribution in [1.29, 1.82) is 0 Å². The van der Waals surface area contributed by atoms with E-state index in [9.17, 15) is 9.59 Å². The summed E-state index contributed by atoms with van der Waals surface area (Å²) in [4.78, 5) is 29.0. The van der Waals surface area contributed by atoms with Gasteiger partial charge in [0.15, 0.2) is 5.69 Å². The van der Waals surface area contributed by atoms with Crippen molar-refractivity contribution in [3.8, 4) is 0 Å². The van der Waals surface area contributed by atoms with Crippen molar-refractivity contribution in [2.75, 3.05) is 40.3 Å². The molecule has 0 radical (unpaired) electrons. The fourth-order valence-corrected chi connectivity index (χ4v) is 3.47. The molecule has 26 heavy (non-hydrogen) atoms. The van der Waals surface area contributed by atoms with E-state index in [0.717, 1.165) is 31.5 Å². The number of likely N-dealkylation sites (N-methyl/N-ethyl adjacent to an activating group) is 1. The highest BCUT2D eigenvalue weighted by Crippen LogP contribution is 2.28. The monoisotopic (exact) mass is 363 g/mol. The molecule has 0 saturated carbocycles. The molecular weight excluding hydrogens is 334 g/mol. The topological polar surface area (TPSA) is 79.7 Å². The fraction of sp³-hybridized carbons (Fsp3) is 0.722. The Morgan fingerprint density at radius 3 is 2.85 bits per heavy atom. The molecule has 0 aliphatic carbocycles. The van der Waals surface area contributed by atoms with Crippen LogP contribution < -0.4 is 5.32 Å². The van der Waals surface area contributed by atoms with Crippen molar-refractivity contribution < 1.29 is 14.3 Å². The number of fused-ring (bicyclic) bond motifs is 1. The molecule has 1 saturated heterocycles. The van der Waals surface area contributed by atoms with Gasteiger partial charge in [0.25, 0.3) is 11.8 Å². The Bertz CT molecular complexity index is 664. The molecule has 8 heteroatoms. The number of carbonyl (C=O) groups excluding carboxylic acids is 2. The van der Waals surface area contributed by atoms with Crippen molar-refractivity contribution in [1.82, 2.24) is 24.9 Å². The van der Waals surface area contributed by atoms with Crippen LogP contribution in [0.15, 0.2) is 6.07 Å². The molecule has 1 atom stereocenters. The van der Waals surface area contributed by atoms with Crippen LogP contribution in [-0.4, -0.2) is 77.3 Å². The van der Waals surface area contributed by atoms with Crippen LogP contribution in [0.4, 0.5) is 0 Å². The first-order chi connectivity index (χ1) is 12.4. The Labute approximate surface area is 154 Å². The lowest BCUT2D eigenvalue weighted by Gasteiger charge is -2.38. The molecule has 2 aliphatic rings. The van der Waals surface area contributed by atoms with E-state index < -0.39 is 5.60 Å². The number of rotatable bonds is 5. The Hall–Kier alpha value is -1.93. The highest BCUT2D eigenvalue weighted by molar-refractivity contribution is 5.92. The standard InChI is InChI=1S/C18H29N5O3/c1-18(6-4-5-11-26-18)17(25)22-9-10-23-14(13-22)12-15(20-23)16(24)19-7-8-21(2)3/h12H,4-11,13H2,1-3H3,(H,19,24). The summed E-state index contributed by atoms with van der Waals surface area (Å²) in [5.74, 6) is -0.129. The number of aromatic nitrogens is 2. The maximum atomic E-state index is 12.9. The van der Waals surface area contributed by atoms with Gasteiger partial charge in [-0.1, -0.05) is 0 Å². The van der Waals surface area contributed by atoms with Gasteiger partial charge >= 0.3 is 0 Å². The number of amides is 2. The van der Waals surface area contributed by atoms with E-state index in [2.05, 4.69) is 10.4 Å². The number of hydrogen-bond donors (Lipinski definition) is 1. The molecule has 1 unspecified atom stereocenters.